The van der Waals surface area contributed by atoms with Crippen LogP contribution >= 0.6 is 11.8 Å². The van der Waals surface area contributed by atoms with Crippen molar-refractivity contribution in [2.45, 2.75) is 31.2 Å². The number of thioether (sulfide) groups is 1. The molecule has 0 spiro atoms. The largest absolute Gasteiger partial charge is 0.273 e. The van der Waals surface area contributed by atoms with E-state index in [1.54, 1.807) is 11.8 Å². The molecule has 0 saturated carbocycles. The number of nitrogens with zero attached hydrogens (tertiary/aromatic N) is 4. The lowest BCUT2D eigenvalue weighted by molar-refractivity contribution is 0.842. The summed E-state index contributed by atoms with van der Waals surface area (Å²) in [7, 11) is 0. The Bertz CT molecular complexity index is 1500. The van der Waals surface area contributed by atoms with Gasteiger partial charge in [0.05, 0.1) is 17.3 Å². The van der Waals surface area contributed by atoms with Gasteiger partial charge in [0.1, 0.15) is 5.82 Å². The molecule has 0 atom stereocenters. The highest BCUT2D eigenvalue weighted by molar-refractivity contribution is 7.98. The van der Waals surface area contributed by atoms with Crippen molar-refractivity contribution in [1.29, 1.82) is 5.26 Å². The Labute approximate surface area is 203 Å². The van der Waals surface area contributed by atoms with E-state index in [1.807, 2.05) is 24.3 Å². The number of aromatic nitrogens is 3. The first-order chi connectivity index (χ1) is 16.6. The molecule has 1 aromatic heterocycles. The minimum atomic E-state index is 0.671. The molecule has 0 aliphatic rings. The van der Waals surface area contributed by atoms with E-state index >= 15 is 0 Å². The predicted molar refractivity (Wildman–Crippen MR) is 138 cm³/mol. The fraction of sp³-hybridized carbons (Fsp3) is 0.138. The molecule has 0 amide bonds. The third-order valence-corrected chi connectivity index (χ3v) is 6.97. The van der Waals surface area contributed by atoms with Gasteiger partial charge >= 0.3 is 0 Å². The van der Waals surface area contributed by atoms with E-state index in [0.717, 1.165) is 28.0 Å². The van der Waals surface area contributed by atoms with Gasteiger partial charge in [0, 0.05) is 12.2 Å². The van der Waals surface area contributed by atoms with Crippen molar-refractivity contribution in [3.8, 4) is 11.8 Å². The van der Waals surface area contributed by atoms with Crippen molar-refractivity contribution in [2.75, 3.05) is 0 Å². The second kappa shape index (κ2) is 9.54. The maximum Gasteiger partial charge on any atom is 0.196 e. The summed E-state index contributed by atoms with van der Waals surface area (Å²) in [5.41, 5.74) is 6.59. The maximum absolute atomic E-state index is 9.06. The molecule has 0 saturated heterocycles. The molecular formula is C29H24N4S. The van der Waals surface area contributed by atoms with Gasteiger partial charge in [-0.2, -0.15) is 5.26 Å². The Kier molecular flexibility index (Phi) is 6.16. The molecular weight excluding hydrogens is 436 g/mol. The van der Waals surface area contributed by atoms with Crippen LogP contribution in [0, 0.1) is 25.2 Å². The predicted octanol–water partition coefficient (Wildman–Crippen LogP) is 6.79. The van der Waals surface area contributed by atoms with Crippen LogP contribution in [-0.2, 0) is 12.2 Å². The fourth-order valence-electron chi connectivity index (χ4n) is 4.25. The average molecular weight is 461 g/mol. The van der Waals surface area contributed by atoms with Gasteiger partial charge in [0.25, 0.3) is 0 Å². The minimum Gasteiger partial charge on any atom is -0.273 e. The fourth-order valence-corrected chi connectivity index (χ4v) is 5.17. The molecule has 0 fully saturated rings. The average Bonchev–Trinajstić information content (AvgIpc) is 3.25. The van der Waals surface area contributed by atoms with Crippen molar-refractivity contribution in [1.82, 2.24) is 14.8 Å². The molecule has 4 aromatic carbocycles. The van der Waals surface area contributed by atoms with Crippen LogP contribution in [0.1, 0.15) is 33.6 Å². The van der Waals surface area contributed by atoms with E-state index in [0.29, 0.717) is 12.0 Å². The van der Waals surface area contributed by atoms with E-state index < -0.39 is 0 Å². The first-order valence-electron chi connectivity index (χ1n) is 11.2. The zero-order valence-electron chi connectivity index (χ0n) is 19.2. The van der Waals surface area contributed by atoms with E-state index in [1.165, 1.54) is 27.5 Å². The molecule has 34 heavy (non-hydrogen) atoms. The lowest BCUT2D eigenvalue weighted by Gasteiger charge is -2.14. The molecule has 4 nitrogen and oxygen atoms in total. The number of hydrogen-bond acceptors (Lipinski definition) is 4. The van der Waals surface area contributed by atoms with Crippen LogP contribution < -0.4 is 0 Å². The Morgan fingerprint density at radius 1 is 0.882 bits per heavy atom. The lowest BCUT2D eigenvalue weighted by atomic mass is 10.0. The molecule has 0 aliphatic carbocycles. The van der Waals surface area contributed by atoms with E-state index in [2.05, 4.69) is 95.3 Å². The topological polar surface area (TPSA) is 54.5 Å². The third kappa shape index (κ3) is 4.46. The summed E-state index contributed by atoms with van der Waals surface area (Å²) in [6, 6.07) is 31.3. The Hall–Kier alpha value is -3.88. The number of fused-ring (bicyclic) bond motifs is 1. The van der Waals surface area contributed by atoms with Gasteiger partial charge in [-0.1, -0.05) is 84.1 Å². The molecule has 1 heterocycles. The van der Waals surface area contributed by atoms with Gasteiger partial charge in [-0.15, -0.1) is 10.2 Å². The van der Waals surface area contributed by atoms with Gasteiger partial charge in [-0.3, -0.25) is 4.57 Å². The van der Waals surface area contributed by atoms with Crippen molar-refractivity contribution in [3.05, 3.63) is 119 Å². The number of nitriles is 1. The monoisotopic (exact) mass is 460 g/mol. The Morgan fingerprint density at radius 2 is 1.68 bits per heavy atom. The highest BCUT2D eigenvalue weighted by atomic mass is 32.2. The smallest absolute Gasteiger partial charge is 0.196 e. The number of hydrogen-bond donors (Lipinski definition) is 0. The van der Waals surface area contributed by atoms with Gasteiger partial charge in [0.2, 0.25) is 0 Å². The Morgan fingerprint density at radius 3 is 2.47 bits per heavy atom. The van der Waals surface area contributed by atoms with Crippen LogP contribution in [0.4, 0.5) is 0 Å². The zero-order chi connectivity index (χ0) is 23.5. The second-order valence-corrected chi connectivity index (χ2v) is 9.38. The SMILES string of the molecule is Cc1ccc(-n2c(Cc3cccc4ccccc34)nnc2SCc2ccc(C#N)cc2)c(C)c1. The molecule has 5 heteroatoms. The number of benzene rings is 4. The number of aryl methyl sites for hydroxylation is 2. The first-order valence-corrected chi connectivity index (χ1v) is 12.2. The van der Waals surface area contributed by atoms with Crippen LogP contribution in [0.25, 0.3) is 16.5 Å². The Balaban J connectivity index is 1.53. The zero-order valence-corrected chi connectivity index (χ0v) is 20.0. The summed E-state index contributed by atoms with van der Waals surface area (Å²) < 4.78 is 2.20. The summed E-state index contributed by atoms with van der Waals surface area (Å²) >= 11 is 1.66. The highest BCUT2D eigenvalue weighted by Gasteiger charge is 2.17. The van der Waals surface area contributed by atoms with E-state index in [-0.39, 0.29) is 0 Å². The van der Waals surface area contributed by atoms with E-state index in [4.69, 9.17) is 5.26 Å². The summed E-state index contributed by atoms with van der Waals surface area (Å²) in [6.45, 7) is 4.25. The molecule has 166 valence electrons. The summed E-state index contributed by atoms with van der Waals surface area (Å²) in [5, 5.41) is 21.6. The normalized spacial score (nSPS) is 11.0. The summed E-state index contributed by atoms with van der Waals surface area (Å²) in [5.74, 6) is 1.67. The van der Waals surface area contributed by atoms with Crippen molar-refractivity contribution in [2.24, 2.45) is 0 Å². The van der Waals surface area contributed by atoms with Gasteiger partial charge in [-0.05, 0) is 59.5 Å². The van der Waals surface area contributed by atoms with Gasteiger partial charge in [-0.25, -0.2) is 0 Å². The quantitative estimate of drug-likeness (QED) is 0.262. The molecule has 0 bridgehead atoms. The summed E-state index contributed by atoms with van der Waals surface area (Å²) in [4.78, 5) is 0. The third-order valence-electron chi connectivity index (χ3n) is 5.97. The molecule has 0 unspecified atom stereocenters. The van der Waals surface area contributed by atoms with Crippen LogP contribution in [0.2, 0.25) is 0 Å². The van der Waals surface area contributed by atoms with Crippen molar-refractivity contribution < 1.29 is 0 Å². The van der Waals surface area contributed by atoms with Gasteiger partial charge < -0.3 is 0 Å². The minimum absolute atomic E-state index is 0.671. The van der Waals surface area contributed by atoms with Crippen LogP contribution in [-0.4, -0.2) is 14.8 Å². The highest BCUT2D eigenvalue weighted by Crippen LogP contribution is 2.29. The lowest BCUT2D eigenvalue weighted by Crippen LogP contribution is -2.06. The van der Waals surface area contributed by atoms with Crippen molar-refractivity contribution >= 4 is 22.5 Å². The summed E-state index contributed by atoms with van der Waals surface area (Å²) in [6.07, 6.45) is 0.694. The molecule has 5 aromatic rings. The molecule has 0 radical (unpaired) electrons. The van der Waals surface area contributed by atoms with Crippen LogP contribution in [0.15, 0.2) is 90.1 Å². The maximum atomic E-state index is 9.06. The van der Waals surface area contributed by atoms with Crippen molar-refractivity contribution in [3.63, 3.8) is 0 Å². The van der Waals surface area contributed by atoms with E-state index in [9.17, 15) is 0 Å². The first kappa shape index (κ1) is 21.9. The van der Waals surface area contributed by atoms with Crippen LogP contribution in [0.3, 0.4) is 0 Å². The molecule has 0 aliphatic heterocycles. The second-order valence-electron chi connectivity index (χ2n) is 8.44. The van der Waals surface area contributed by atoms with Crippen LogP contribution in [0.5, 0.6) is 0 Å². The number of rotatable bonds is 6. The molecule has 5 rings (SSSR count). The van der Waals surface area contributed by atoms with Gasteiger partial charge in [0.15, 0.2) is 5.16 Å². The standard InChI is InChI=1S/C29H24N4S/c1-20-10-15-27(21(2)16-20)33-28(17-25-8-5-7-24-6-3-4-9-26(24)25)31-32-29(33)34-19-23-13-11-22(18-30)12-14-23/h3-16H,17,19H2,1-2H3. The molecule has 0 N–H and O–H groups in total.